The van der Waals surface area contributed by atoms with Crippen LogP contribution in [-0.2, 0) is 0 Å². The second-order valence-corrected chi connectivity index (χ2v) is 4.77. The number of ether oxygens (including phenoxy) is 1. The van der Waals surface area contributed by atoms with Crippen molar-refractivity contribution in [1.29, 1.82) is 0 Å². The molecular weight excluding hydrogens is 200 g/mol. The van der Waals surface area contributed by atoms with Crippen LogP contribution in [0.4, 0.5) is 0 Å². The highest BCUT2D eigenvalue weighted by atomic mass is 16.5. The SMILES string of the molecule is CC(C)CC(C)Oc1ccc([C@@H](C)N)nc1. The van der Waals surface area contributed by atoms with Gasteiger partial charge in [-0.3, -0.25) is 4.98 Å². The zero-order chi connectivity index (χ0) is 12.1. The first-order valence-electron chi connectivity index (χ1n) is 5.87. The van der Waals surface area contributed by atoms with Gasteiger partial charge in [0.1, 0.15) is 5.75 Å². The molecule has 0 bridgehead atoms. The Morgan fingerprint density at radius 3 is 2.38 bits per heavy atom. The van der Waals surface area contributed by atoms with E-state index in [1.54, 1.807) is 6.20 Å². The lowest BCUT2D eigenvalue weighted by Crippen LogP contribution is -2.15. The Morgan fingerprint density at radius 1 is 1.25 bits per heavy atom. The Balaban J connectivity index is 2.55. The fourth-order valence-electron chi connectivity index (χ4n) is 1.68. The van der Waals surface area contributed by atoms with Gasteiger partial charge in [0.05, 0.1) is 18.0 Å². The molecule has 0 aliphatic heterocycles. The summed E-state index contributed by atoms with van der Waals surface area (Å²) in [7, 11) is 0. The first kappa shape index (κ1) is 13.0. The van der Waals surface area contributed by atoms with Crippen LogP contribution < -0.4 is 10.5 Å². The molecule has 0 fully saturated rings. The molecule has 0 saturated carbocycles. The van der Waals surface area contributed by atoms with E-state index in [0.717, 1.165) is 17.9 Å². The monoisotopic (exact) mass is 222 g/mol. The number of hydrogen-bond donors (Lipinski definition) is 1. The van der Waals surface area contributed by atoms with E-state index in [-0.39, 0.29) is 12.1 Å². The summed E-state index contributed by atoms with van der Waals surface area (Å²) in [5.41, 5.74) is 6.62. The van der Waals surface area contributed by atoms with E-state index in [1.807, 2.05) is 19.1 Å². The molecule has 1 aromatic rings. The minimum absolute atomic E-state index is 0.0258. The van der Waals surface area contributed by atoms with Crippen LogP contribution in [0.1, 0.15) is 45.9 Å². The quantitative estimate of drug-likeness (QED) is 0.833. The lowest BCUT2D eigenvalue weighted by molar-refractivity contribution is 0.192. The molecule has 3 heteroatoms. The van der Waals surface area contributed by atoms with Crippen LogP contribution >= 0.6 is 0 Å². The zero-order valence-electron chi connectivity index (χ0n) is 10.6. The first-order chi connectivity index (χ1) is 7.49. The van der Waals surface area contributed by atoms with Gasteiger partial charge in [0.2, 0.25) is 0 Å². The van der Waals surface area contributed by atoms with Crippen molar-refractivity contribution in [2.24, 2.45) is 11.7 Å². The predicted octanol–water partition coefficient (Wildman–Crippen LogP) is 2.91. The number of nitrogens with two attached hydrogens (primary N) is 1. The van der Waals surface area contributed by atoms with Crippen LogP contribution in [0, 0.1) is 5.92 Å². The predicted molar refractivity (Wildman–Crippen MR) is 66.4 cm³/mol. The van der Waals surface area contributed by atoms with Gasteiger partial charge in [0.15, 0.2) is 0 Å². The van der Waals surface area contributed by atoms with Gasteiger partial charge in [0.25, 0.3) is 0 Å². The van der Waals surface area contributed by atoms with Crippen LogP contribution in [0.15, 0.2) is 18.3 Å². The standard InChI is InChI=1S/C13H22N2O/c1-9(2)7-10(3)16-12-5-6-13(11(4)14)15-8-12/h5-6,8-11H,7,14H2,1-4H3/t10?,11-/m1/s1. The largest absolute Gasteiger partial charge is 0.489 e. The maximum absolute atomic E-state index is 5.76. The number of aromatic nitrogens is 1. The van der Waals surface area contributed by atoms with Gasteiger partial charge < -0.3 is 10.5 Å². The molecule has 0 spiro atoms. The molecule has 0 radical (unpaired) electrons. The number of rotatable bonds is 5. The molecule has 2 atom stereocenters. The number of hydrogen-bond acceptors (Lipinski definition) is 3. The normalized spacial score (nSPS) is 14.9. The van der Waals surface area contributed by atoms with Crippen molar-refractivity contribution in [2.75, 3.05) is 0 Å². The Morgan fingerprint density at radius 2 is 1.94 bits per heavy atom. The third-order valence-corrected chi connectivity index (χ3v) is 2.37. The molecule has 0 aliphatic carbocycles. The number of pyridine rings is 1. The van der Waals surface area contributed by atoms with Crippen LogP contribution in [-0.4, -0.2) is 11.1 Å². The second kappa shape index (κ2) is 5.85. The van der Waals surface area contributed by atoms with Crippen molar-refractivity contribution < 1.29 is 4.74 Å². The minimum Gasteiger partial charge on any atom is -0.489 e. The van der Waals surface area contributed by atoms with E-state index >= 15 is 0 Å². The van der Waals surface area contributed by atoms with Crippen molar-refractivity contribution in [3.8, 4) is 5.75 Å². The molecule has 0 aromatic carbocycles. The summed E-state index contributed by atoms with van der Waals surface area (Å²) in [5, 5.41) is 0. The third kappa shape index (κ3) is 4.19. The van der Waals surface area contributed by atoms with Crippen LogP contribution in [0.3, 0.4) is 0 Å². The Kier molecular flexibility index (Phi) is 4.74. The van der Waals surface area contributed by atoms with Gasteiger partial charge in [-0.1, -0.05) is 13.8 Å². The molecule has 0 amide bonds. The fraction of sp³-hybridized carbons (Fsp3) is 0.615. The molecule has 1 rings (SSSR count). The summed E-state index contributed by atoms with van der Waals surface area (Å²) >= 11 is 0. The molecule has 0 aliphatic rings. The van der Waals surface area contributed by atoms with E-state index in [1.165, 1.54) is 0 Å². The van der Waals surface area contributed by atoms with E-state index in [2.05, 4.69) is 25.8 Å². The number of nitrogens with zero attached hydrogens (tertiary/aromatic N) is 1. The summed E-state index contributed by atoms with van der Waals surface area (Å²) in [5.74, 6) is 1.46. The fourth-order valence-corrected chi connectivity index (χ4v) is 1.68. The van der Waals surface area contributed by atoms with Crippen molar-refractivity contribution in [3.05, 3.63) is 24.0 Å². The molecule has 90 valence electrons. The minimum atomic E-state index is -0.0258. The van der Waals surface area contributed by atoms with Crippen LogP contribution in [0.2, 0.25) is 0 Å². The maximum Gasteiger partial charge on any atom is 0.138 e. The summed E-state index contributed by atoms with van der Waals surface area (Å²) < 4.78 is 5.76. The lowest BCUT2D eigenvalue weighted by Gasteiger charge is -2.16. The molecule has 1 aromatic heterocycles. The third-order valence-electron chi connectivity index (χ3n) is 2.37. The molecular formula is C13H22N2O. The van der Waals surface area contributed by atoms with Crippen molar-refractivity contribution in [1.82, 2.24) is 4.98 Å². The van der Waals surface area contributed by atoms with Gasteiger partial charge in [-0.2, -0.15) is 0 Å². The van der Waals surface area contributed by atoms with Crippen LogP contribution in [0.25, 0.3) is 0 Å². The zero-order valence-corrected chi connectivity index (χ0v) is 10.6. The maximum atomic E-state index is 5.76. The summed E-state index contributed by atoms with van der Waals surface area (Å²) in [6.07, 6.45) is 3.02. The van der Waals surface area contributed by atoms with Gasteiger partial charge in [-0.15, -0.1) is 0 Å². The van der Waals surface area contributed by atoms with E-state index < -0.39 is 0 Å². The van der Waals surface area contributed by atoms with E-state index in [0.29, 0.717) is 5.92 Å². The second-order valence-electron chi connectivity index (χ2n) is 4.77. The molecule has 3 nitrogen and oxygen atoms in total. The highest BCUT2D eigenvalue weighted by molar-refractivity contribution is 5.21. The smallest absolute Gasteiger partial charge is 0.138 e. The lowest BCUT2D eigenvalue weighted by atomic mass is 10.1. The molecule has 2 N–H and O–H groups in total. The molecule has 0 saturated heterocycles. The first-order valence-corrected chi connectivity index (χ1v) is 5.87. The average molecular weight is 222 g/mol. The van der Waals surface area contributed by atoms with Gasteiger partial charge in [-0.05, 0) is 38.3 Å². The van der Waals surface area contributed by atoms with Crippen molar-refractivity contribution in [3.63, 3.8) is 0 Å². The van der Waals surface area contributed by atoms with E-state index in [4.69, 9.17) is 10.5 Å². The highest BCUT2D eigenvalue weighted by Gasteiger charge is 2.07. The van der Waals surface area contributed by atoms with Gasteiger partial charge >= 0.3 is 0 Å². The van der Waals surface area contributed by atoms with Gasteiger partial charge in [-0.25, -0.2) is 0 Å². The topological polar surface area (TPSA) is 48.1 Å². The van der Waals surface area contributed by atoms with Crippen LogP contribution in [0.5, 0.6) is 5.75 Å². The van der Waals surface area contributed by atoms with Crippen molar-refractivity contribution in [2.45, 2.75) is 46.3 Å². The Bertz CT molecular complexity index is 306. The average Bonchev–Trinajstić information content (AvgIpc) is 2.16. The molecule has 1 unspecified atom stereocenters. The van der Waals surface area contributed by atoms with E-state index in [9.17, 15) is 0 Å². The summed E-state index contributed by atoms with van der Waals surface area (Å²) in [6.45, 7) is 8.39. The molecule has 16 heavy (non-hydrogen) atoms. The van der Waals surface area contributed by atoms with Crippen molar-refractivity contribution >= 4 is 0 Å². The Labute approximate surface area is 98.0 Å². The highest BCUT2D eigenvalue weighted by Crippen LogP contribution is 2.16. The Hall–Kier alpha value is -1.09. The summed E-state index contributed by atoms with van der Waals surface area (Å²) in [6, 6.07) is 3.83. The summed E-state index contributed by atoms with van der Waals surface area (Å²) in [4.78, 5) is 4.26. The van der Waals surface area contributed by atoms with Gasteiger partial charge in [0, 0.05) is 6.04 Å². The molecule has 1 heterocycles.